The number of phenolic OH excluding ortho intramolecular Hbond substituents is 1. The summed E-state index contributed by atoms with van der Waals surface area (Å²) in [6.45, 7) is 8.48. The molecule has 8 rings (SSSR count). The third kappa shape index (κ3) is 4.88. The maximum atomic E-state index is 11.3. The van der Waals surface area contributed by atoms with Crippen molar-refractivity contribution in [3.63, 3.8) is 0 Å². The van der Waals surface area contributed by atoms with Crippen LogP contribution < -0.4 is 4.74 Å². The first-order valence-corrected chi connectivity index (χ1v) is 15.8. The molecule has 0 radical (unpaired) electrons. The van der Waals surface area contributed by atoms with Crippen LogP contribution >= 0.6 is 0 Å². The Morgan fingerprint density at radius 1 is 0.638 bits per heavy atom. The van der Waals surface area contributed by atoms with Crippen LogP contribution in [-0.2, 0) is 0 Å². The van der Waals surface area contributed by atoms with Gasteiger partial charge in [0.2, 0.25) is 5.88 Å². The molecule has 1 N–H and O–H groups in total. The molecule has 5 heteroatoms. The van der Waals surface area contributed by atoms with Crippen LogP contribution in [-0.4, -0.2) is 19.6 Å². The molecule has 3 heterocycles. The van der Waals surface area contributed by atoms with E-state index in [0.29, 0.717) is 17.1 Å². The first kappa shape index (κ1) is 28.5. The number of rotatable bonds is 5. The van der Waals surface area contributed by atoms with Gasteiger partial charge in [0, 0.05) is 34.5 Å². The van der Waals surface area contributed by atoms with E-state index in [-0.39, 0.29) is 5.75 Å². The van der Waals surface area contributed by atoms with Gasteiger partial charge in [0.05, 0.1) is 11.0 Å². The number of hydrogen-bond donors (Lipinski definition) is 1. The molecule has 5 aromatic carbocycles. The lowest BCUT2D eigenvalue weighted by molar-refractivity contribution is 0.460. The van der Waals surface area contributed by atoms with E-state index in [2.05, 4.69) is 92.9 Å². The zero-order valence-electron chi connectivity index (χ0n) is 26.7. The SMILES string of the molecule is Cc1ccnc(-n2c3ccccc3c3ccc(Oc4cc(-c5ccccc5)c5c(-c6c(C)cc(C)cc6C)ccc(O)c5n4)cc32)c1. The molecule has 0 aliphatic rings. The molecular weight excluding hydrogens is 578 g/mol. The highest BCUT2D eigenvalue weighted by molar-refractivity contribution is 6.10. The predicted molar refractivity (Wildman–Crippen MR) is 192 cm³/mol. The van der Waals surface area contributed by atoms with E-state index in [4.69, 9.17) is 14.7 Å². The van der Waals surface area contributed by atoms with E-state index in [0.717, 1.165) is 60.8 Å². The Morgan fingerprint density at radius 3 is 2.17 bits per heavy atom. The quantitative estimate of drug-likeness (QED) is 0.210. The predicted octanol–water partition coefficient (Wildman–Crippen LogP) is 10.8. The third-order valence-electron chi connectivity index (χ3n) is 8.94. The number of pyridine rings is 2. The Hall–Kier alpha value is -5.94. The van der Waals surface area contributed by atoms with Gasteiger partial charge in [-0.25, -0.2) is 9.97 Å². The van der Waals surface area contributed by atoms with Crippen molar-refractivity contribution in [3.8, 4) is 45.5 Å². The molecule has 0 amide bonds. The lowest BCUT2D eigenvalue weighted by atomic mass is 9.88. The summed E-state index contributed by atoms with van der Waals surface area (Å²) in [5, 5.41) is 14.4. The molecule has 0 spiro atoms. The number of para-hydroxylation sites is 1. The molecule has 8 aromatic rings. The fourth-order valence-corrected chi connectivity index (χ4v) is 7.04. The Labute approximate surface area is 273 Å². The van der Waals surface area contributed by atoms with E-state index in [9.17, 15) is 5.11 Å². The highest BCUT2D eigenvalue weighted by Gasteiger charge is 2.20. The largest absolute Gasteiger partial charge is 0.506 e. The minimum atomic E-state index is 0.106. The number of fused-ring (bicyclic) bond motifs is 4. The molecule has 0 saturated carbocycles. The molecule has 0 saturated heterocycles. The van der Waals surface area contributed by atoms with Gasteiger partial charge in [-0.05, 0) is 109 Å². The zero-order chi connectivity index (χ0) is 32.2. The van der Waals surface area contributed by atoms with Crippen LogP contribution in [0.1, 0.15) is 22.3 Å². The van der Waals surface area contributed by atoms with E-state index >= 15 is 0 Å². The Balaban J connectivity index is 1.34. The van der Waals surface area contributed by atoms with Crippen molar-refractivity contribution in [2.45, 2.75) is 27.7 Å². The molecule has 0 aliphatic carbocycles. The number of nitrogens with zero attached hydrogens (tertiary/aromatic N) is 3. The van der Waals surface area contributed by atoms with Crippen molar-refractivity contribution in [2.24, 2.45) is 0 Å². The van der Waals surface area contributed by atoms with Gasteiger partial charge in [0.1, 0.15) is 22.8 Å². The van der Waals surface area contributed by atoms with E-state index in [1.807, 2.05) is 54.7 Å². The average Bonchev–Trinajstić information content (AvgIpc) is 3.39. The molecule has 5 nitrogen and oxygen atoms in total. The molecule has 0 unspecified atom stereocenters. The number of aromatic nitrogens is 3. The minimum Gasteiger partial charge on any atom is -0.506 e. The maximum Gasteiger partial charge on any atom is 0.220 e. The number of benzene rings is 5. The van der Waals surface area contributed by atoms with Gasteiger partial charge in [0.15, 0.2) is 0 Å². The molecule has 0 aliphatic heterocycles. The first-order chi connectivity index (χ1) is 22.9. The molecule has 47 heavy (non-hydrogen) atoms. The van der Waals surface area contributed by atoms with Crippen molar-refractivity contribution in [1.29, 1.82) is 0 Å². The van der Waals surface area contributed by atoms with Crippen molar-refractivity contribution in [2.75, 3.05) is 0 Å². The van der Waals surface area contributed by atoms with Gasteiger partial charge in [-0.2, -0.15) is 0 Å². The fourth-order valence-electron chi connectivity index (χ4n) is 7.04. The van der Waals surface area contributed by atoms with Gasteiger partial charge in [-0.1, -0.05) is 66.2 Å². The third-order valence-corrected chi connectivity index (χ3v) is 8.94. The Kier molecular flexibility index (Phi) is 6.76. The Morgan fingerprint density at radius 2 is 1.38 bits per heavy atom. The lowest BCUT2D eigenvalue weighted by Gasteiger charge is -2.18. The molecule has 0 atom stereocenters. The molecule has 228 valence electrons. The summed E-state index contributed by atoms with van der Waals surface area (Å²) >= 11 is 0. The molecular formula is C42H33N3O2. The van der Waals surface area contributed by atoms with E-state index < -0.39 is 0 Å². The lowest BCUT2D eigenvalue weighted by Crippen LogP contribution is -1.98. The van der Waals surface area contributed by atoms with E-state index in [1.54, 1.807) is 6.07 Å². The summed E-state index contributed by atoms with van der Waals surface area (Å²) in [5.41, 5.74) is 11.4. The van der Waals surface area contributed by atoms with Crippen LogP contribution in [0.5, 0.6) is 17.4 Å². The normalized spacial score (nSPS) is 11.5. The van der Waals surface area contributed by atoms with Crippen molar-refractivity contribution in [3.05, 3.63) is 144 Å². The average molecular weight is 612 g/mol. The standard InChI is InChI=1S/C42H33N3O2/c1-25-18-19-43-38(22-25)45-35-13-9-8-12-31(35)32-15-14-30(23-36(32)45)47-39-24-34(29-10-6-5-7-11-29)41-33(16-17-37(46)42(41)44-39)40-27(3)20-26(2)21-28(40)4/h5-24,46H,1-4H3. The van der Waals surface area contributed by atoms with Crippen molar-refractivity contribution < 1.29 is 9.84 Å². The summed E-state index contributed by atoms with van der Waals surface area (Å²) in [4.78, 5) is 9.66. The van der Waals surface area contributed by atoms with Crippen LogP contribution in [0, 0.1) is 27.7 Å². The summed E-state index contributed by atoms with van der Waals surface area (Å²) in [7, 11) is 0. The second-order valence-electron chi connectivity index (χ2n) is 12.3. The fraction of sp³-hybridized carbons (Fsp3) is 0.0952. The monoisotopic (exact) mass is 611 g/mol. The summed E-state index contributed by atoms with van der Waals surface area (Å²) in [6, 6.07) is 38.9. The van der Waals surface area contributed by atoms with Gasteiger partial charge >= 0.3 is 0 Å². The maximum absolute atomic E-state index is 11.3. The number of ether oxygens (including phenoxy) is 1. The minimum absolute atomic E-state index is 0.106. The van der Waals surface area contributed by atoms with Crippen molar-refractivity contribution in [1.82, 2.24) is 14.5 Å². The van der Waals surface area contributed by atoms with Gasteiger partial charge in [-0.15, -0.1) is 0 Å². The van der Waals surface area contributed by atoms with Crippen LogP contribution in [0.25, 0.3) is 60.8 Å². The molecule has 3 aromatic heterocycles. The highest BCUT2D eigenvalue weighted by Crippen LogP contribution is 2.44. The number of aromatic hydroxyl groups is 1. The van der Waals surface area contributed by atoms with Gasteiger partial charge < -0.3 is 9.84 Å². The number of hydrogen-bond acceptors (Lipinski definition) is 4. The first-order valence-electron chi connectivity index (χ1n) is 15.8. The molecule has 0 bridgehead atoms. The highest BCUT2D eigenvalue weighted by atomic mass is 16.5. The second kappa shape index (κ2) is 11.1. The Bertz CT molecular complexity index is 2470. The summed E-state index contributed by atoms with van der Waals surface area (Å²) in [6.07, 6.45) is 1.84. The van der Waals surface area contributed by atoms with Crippen LogP contribution in [0.2, 0.25) is 0 Å². The van der Waals surface area contributed by atoms with Crippen LogP contribution in [0.4, 0.5) is 0 Å². The van der Waals surface area contributed by atoms with Gasteiger partial charge in [0.25, 0.3) is 0 Å². The summed E-state index contributed by atoms with van der Waals surface area (Å²) < 4.78 is 8.75. The number of phenols is 1. The van der Waals surface area contributed by atoms with Crippen molar-refractivity contribution >= 4 is 32.7 Å². The molecule has 0 fully saturated rings. The topological polar surface area (TPSA) is 60.2 Å². The summed E-state index contributed by atoms with van der Waals surface area (Å²) in [5.74, 6) is 2.00. The van der Waals surface area contributed by atoms with Crippen LogP contribution in [0.15, 0.2) is 121 Å². The van der Waals surface area contributed by atoms with Gasteiger partial charge in [-0.3, -0.25) is 4.57 Å². The number of aryl methyl sites for hydroxylation is 4. The second-order valence-corrected chi connectivity index (χ2v) is 12.3. The van der Waals surface area contributed by atoms with Crippen LogP contribution in [0.3, 0.4) is 0 Å². The van der Waals surface area contributed by atoms with E-state index in [1.165, 1.54) is 16.7 Å². The smallest absolute Gasteiger partial charge is 0.220 e. The zero-order valence-corrected chi connectivity index (χ0v) is 26.7.